The lowest BCUT2D eigenvalue weighted by Crippen LogP contribution is -2.52. The van der Waals surface area contributed by atoms with Crippen LogP contribution in [0.25, 0.3) is 0 Å². The maximum Gasteiger partial charge on any atom is 0.0853 e. The van der Waals surface area contributed by atoms with Crippen molar-refractivity contribution >= 4 is 0 Å². The van der Waals surface area contributed by atoms with E-state index in [1.165, 1.54) is 19.4 Å². The first-order valence-corrected chi connectivity index (χ1v) is 5.92. The predicted molar refractivity (Wildman–Crippen MR) is 57.2 cm³/mol. The first-order valence-electron chi connectivity index (χ1n) is 5.92. The van der Waals surface area contributed by atoms with Gasteiger partial charge in [-0.1, -0.05) is 13.3 Å². The second kappa shape index (κ2) is 4.60. The fourth-order valence-electron chi connectivity index (χ4n) is 2.62. The van der Waals surface area contributed by atoms with Gasteiger partial charge in [0.25, 0.3) is 0 Å². The first-order chi connectivity index (χ1) is 6.81. The zero-order chi connectivity index (χ0) is 9.97. The monoisotopic (exact) mass is 198 g/mol. The fourth-order valence-corrected chi connectivity index (χ4v) is 2.62. The fraction of sp³-hybridized carbons (Fsp3) is 1.00. The van der Waals surface area contributed by atoms with Crippen molar-refractivity contribution < 1.29 is 4.74 Å². The van der Waals surface area contributed by atoms with E-state index in [1.807, 2.05) is 0 Å². The maximum atomic E-state index is 6.09. The van der Waals surface area contributed by atoms with E-state index in [0.29, 0.717) is 6.04 Å². The minimum atomic E-state index is 0.238. The molecule has 2 rings (SSSR count). The van der Waals surface area contributed by atoms with E-state index in [1.54, 1.807) is 0 Å². The summed E-state index contributed by atoms with van der Waals surface area (Å²) in [5, 5.41) is 0. The van der Waals surface area contributed by atoms with E-state index in [-0.39, 0.29) is 12.1 Å². The van der Waals surface area contributed by atoms with E-state index >= 15 is 0 Å². The summed E-state index contributed by atoms with van der Waals surface area (Å²) in [4.78, 5) is 2.56. The molecule has 3 atom stereocenters. The normalized spacial score (nSPS) is 35.6. The second-order valence-electron chi connectivity index (χ2n) is 4.62. The average Bonchev–Trinajstić information content (AvgIpc) is 2.64. The van der Waals surface area contributed by atoms with E-state index in [4.69, 9.17) is 10.5 Å². The molecule has 2 saturated heterocycles. The van der Waals surface area contributed by atoms with Crippen molar-refractivity contribution in [2.24, 2.45) is 5.73 Å². The largest absolute Gasteiger partial charge is 0.374 e. The molecule has 2 aliphatic heterocycles. The summed E-state index contributed by atoms with van der Waals surface area (Å²) in [6.07, 6.45) is 5.18. The Kier molecular flexibility index (Phi) is 3.42. The minimum absolute atomic E-state index is 0.238. The molecule has 3 heteroatoms. The van der Waals surface area contributed by atoms with Gasteiger partial charge in [-0.2, -0.15) is 0 Å². The molecule has 3 nitrogen and oxygen atoms in total. The van der Waals surface area contributed by atoms with E-state index in [0.717, 1.165) is 26.0 Å². The van der Waals surface area contributed by atoms with Crippen molar-refractivity contribution in [3.05, 3.63) is 0 Å². The van der Waals surface area contributed by atoms with Crippen LogP contribution in [-0.2, 0) is 4.74 Å². The first kappa shape index (κ1) is 10.4. The molecular formula is C11H22N2O. The standard InChI is InChI=1S/C11H22N2O/c1-2-4-10(12)11-7-13-6-3-5-9(13)8-14-11/h9-11H,2-8,12H2,1H3. The Labute approximate surface area is 86.6 Å². The van der Waals surface area contributed by atoms with E-state index < -0.39 is 0 Å². The van der Waals surface area contributed by atoms with Crippen LogP contribution in [0.3, 0.4) is 0 Å². The van der Waals surface area contributed by atoms with Crippen LogP contribution in [0.4, 0.5) is 0 Å². The lowest BCUT2D eigenvalue weighted by Gasteiger charge is -2.37. The van der Waals surface area contributed by atoms with E-state index in [2.05, 4.69) is 11.8 Å². The smallest absolute Gasteiger partial charge is 0.0853 e. The zero-order valence-corrected chi connectivity index (χ0v) is 9.11. The summed E-state index contributed by atoms with van der Waals surface area (Å²) in [6.45, 7) is 5.40. The topological polar surface area (TPSA) is 38.5 Å². The van der Waals surface area contributed by atoms with Crippen LogP contribution in [0.5, 0.6) is 0 Å². The van der Waals surface area contributed by atoms with Crippen LogP contribution in [0.2, 0.25) is 0 Å². The number of ether oxygens (including phenoxy) is 1. The molecule has 0 bridgehead atoms. The van der Waals surface area contributed by atoms with Gasteiger partial charge in [-0.15, -0.1) is 0 Å². The lowest BCUT2D eigenvalue weighted by molar-refractivity contribution is -0.0600. The summed E-state index contributed by atoms with van der Waals surface area (Å²) >= 11 is 0. The Morgan fingerprint density at radius 1 is 1.57 bits per heavy atom. The quantitative estimate of drug-likeness (QED) is 0.734. The molecule has 0 aromatic carbocycles. The molecule has 0 amide bonds. The molecule has 0 saturated carbocycles. The van der Waals surface area contributed by atoms with Gasteiger partial charge >= 0.3 is 0 Å². The van der Waals surface area contributed by atoms with Gasteiger partial charge in [0, 0.05) is 18.6 Å². The average molecular weight is 198 g/mol. The van der Waals surface area contributed by atoms with Crippen LogP contribution >= 0.6 is 0 Å². The molecule has 0 radical (unpaired) electrons. The Morgan fingerprint density at radius 3 is 3.21 bits per heavy atom. The molecule has 82 valence electrons. The van der Waals surface area contributed by atoms with Gasteiger partial charge in [-0.25, -0.2) is 0 Å². The van der Waals surface area contributed by atoms with Crippen LogP contribution in [0, 0.1) is 0 Å². The molecule has 2 fully saturated rings. The molecule has 0 aromatic heterocycles. The molecule has 0 spiro atoms. The molecule has 14 heavy (non-hydrogen) atoms. The van der Waals surface area contributed by atoms with Crippen LogP contribution in [0.15, 0.2) is 0 Å². The molecule has 0 aromatic rings. The Balaban J connectivity index is 1.84. The van der Waals surface area contributed by atoms with Gasteiger partial charge < -0.3 is 10.5 Å². The third-order valence-electron chi connectivity index (χ3n) is 3.52. The third kappa shape index (κ3) is 2.10. The Bertz CT molecular complexity index is 186. The summed E-state index contributed by atoms with van der Waals surface area (Å²) in [6, 6.07) is 0.932. The lowest BCUT2D eigenvalue weighted by atomic mass is 10.0. The maximum absolute atomic E-state index is 6.09. The zero-order valence-electron chi connectivity index (χ0n) is 9.11. The van der Waals surface area contributed by atoms with Gasteiger partial charge in [-0.05, 0) is 25.8 Å². The van der Waals surface area contributed by atoms with Crippen LogP contribution < -0.4 is 5.73 Å². The number of morpholine rings is 1. The second-order valence-corrected chi connectivity index (χ2v) is 4.62. The van der Waals surface area contributed by atoms with Gasteiger partial charge in [0.1, 0.15) is 0 Å². The highest BCUT2D eigenvalue weighted by molar-refractivity contribution is 4.88. The number of hydrogen-bond acceptors (Lipinski definition) is 3. The summed E-state index contributed by atoms with van der Waals surface area (Å²) in [5.74, 6) is 0. The Hall–Kier alpha value is -0.120. The Morgan fingerprint density at radius 2 is 2.43 bits per heavy atom. The number of nitrogens with two attached hydrogens (primary N) is 1. The highest BCUT2D eigenvalue weighted by Gasteiger charge is 2.34. The van der Waals surface area contributed by atoms with Crippen molar-refractivity contribution in [2.45, 2.75) is 50.8 Å². The summed E-state index contributed by atoms with van der Waals surface area (Å²) in [7, 11) is 0. The van der Waals surface area contributed by atoms with Crippen molar-refractivity contribution in [2.75, 3.05) is 19.7 Å². The molecule has 2 N–H and O–H groups in total. The number of rotatable bonds is 3. The number of fused-ring (bicyclic) bond motifs is 1. The van der Waals surface area contributed by atoms with Gasteiger partial charge in [0.2, 0.25) is 0 Å². The predicted octanol–water partition coefficient (Wildman–Crippen LogP) is 0.977. The molecule has 2 aliphatic rings. The van der Waals surface area contributed by atoms with E-state index in [9.17, 15) is 0 Å². The summed E-state index contributed by atoms with van der Waals surface area (Å²) in [5.41, 5.74) is 6.09. The van der Waals surface area contributed by atoms with Crippen molar-refractivity contribution in [3.63, 3.8) is 0 Å². The molecule has 0 aliphatic carbocycles. The van der Waals surface area contributed by atoms with Crippen molar-refractivity contribution in [3.8, 4) is 0 Å². The summed E-state index contributed by atoms with van der Waals surface area (Å²) < 4.78 is 5.84. The SMILES string of the molecule is CCCC(N)C1CN2CCCC2CO1. The van der Waals surface area contributed by atoms with Crippen molar-refractivity contribution in [1.29, 1.82) is 0 Å². The molecule has 3 unspecified atom stereocenters. The highest BCUT2D eigenvalue weighted by Crippen LogP contribution is 2.24. The van der Waals surface area contributed by atoms with Gasteiger partial charge in [0.05, 0.1) is 12.7 Å². The highest BCUT2D eigenvalue weighted by atomic mass is 16.5. The van der Waals surface area contributed by atoms with Gasteiger partial charge in [-0.3, -0.25) is 4.90 Å². The molecular weight excluding hydrogens is 176 g/mol. The minimum Gasteiger partial charge on any atom is -0.374 e. The number of nitrogens with zero attached hydrogens (tertiary/aromatic N) is 1. The molecule has 2 heterocycles. The van der Waals surface area contributed by atoms with Crippen LogP contribution in [-0.4, -0.2) is 42.8 Å². The van der Waals surface area contributed by atoms with Crippen molar-refractivity contribution in [1.82, 2.24) is 4.90 Å². The number of hydrogen-bond donors (Lipinski definition) is 1. The third-order valence-corrected chi connectivity index (χ3v) is 3.52. The van der Waals surface area contributed by atoms with Crippen LogP contribution in [0.1, 0.15) is 32.6 Å². The van der Waals surface area contributed by atoms with Gasteiger partial charge in [0.15, 0.2) is 0 Å².